The number of hydrogen-bond acceptors (Lipinski definition) is 6. The van der Waals surface area contributed by atoms with E-state index in [9.17, 15) is 19.7 Å². The molecule has 8 nitrogen and oxygen atoms in total. The minimum atomic E-state index is -0.410. The molecule has 4 unspecified atom stereocenters. The molecule has 0 spiro atoms. The molecule has 2 aliphatic carbocycles. The molecule has 180 valence electrons. The second kappa shape index (κ2) is 7.93. The van der Waals surface area contributed by atoms with E-state index in [1.165, 1.54) is 27.8 Å². The van der Waals surface area contributed by atoms with Crippen molar-refractivity contribution < 1.29 is 14.5 Å². The number of nitrogens with zero attached hydrogens (tertiary/aromatic N) is 4. The highest BCUT2D eigenvalue weighted by molar-refractivity contribution is 6.23. The van der Waals surface area contributed by atoms with Crippen molar-refractivity contribution in [2.75, 3.05) is 40.9 Å². The van der Waals surface area contributed by atoms with E-state index >= 15 is 0 Å². The highest BCUT2D eigenvalue weighted by Crippen LogP contribution is 2.53. The van der Waals surface area contributed by atoms with Gasteiger partial charge in [0.15, 0.2) is 0 Å². The van der Waals surface area contributed by atoms with Crippen LogP contribution >= 0.6 is 0 Å². The quantitative estimate of drug-likeness (QED) is 0.291. The number of fused-ring (bicyclic) bond motifs is 5. The molecule has 2 aromatic rings. The Morgan fingerprint density at radius 3 is 2.06 bits per heavy atom. The Labute approximate surface area is 204 Å². The molecule has 4 aliphatic rings. The maximum absolute atomic E-state index is 13.2. The number of aryl methyl sites for hydroxylation is 1. The summed E-state index contributed by atoms with van der Waals surface area (Å²) in [7, 11) is 0. The summed E-state index contributed by atoms with van der Waals surface area (Å²) in [6, 6.07) is 11.1. The molecule has 8 heteroatoms. The molecule has 2 bridgehead atoms. The lowest BCUT2D eigenvalue weighted by atomic mass is 9.85. The van der Waals surface area contributed by atoms with Gasteiger partial charge in [0.05, 0.1) is 22.4 Å². The van der Waals surface area contributed by atoms with Gasteiger partial charge in [-0.2, -0.15) is 0 Å². The van der Waals surface area contributed by atoms with Gasteiger partial charge >= 0.3 is 0 Å². The third-order valence-electron chi connectivity index (χ3n) is 8.42. The van der Waals surface area contributed by atoms with Crippen molar-refractivity contribution in [1.82, 2.24) is 0 Å². The summed E-state index contributed by atoms with van der Waals surface area (Å²) in [5.74, 6) is -0.881. The first-order valence-corrected chi connectivity index (χ1v) is 12.3. The molecule has 35 heavy (non-hydrogen) atoms. The molecule has 3 fully saturated rings. The first-order valence-electron chi connectivity index (χ1n) is 12.3. The molecule has 6 rings (SSSR count). The first-order chi connectivity index (χ1) is 16.8. The summed E-state index contributed by atoms with van der Waals surface area (Å²) in [5, 5.41) is 12.0. The monoisotopic (exact) mass is 472 g/mol. The average Bonchev–Trinajstić information content (AvgIpc) is 3.54. The van der Waals surface area contributed by atoms with Gasteiger partial charge in [-0.3, -0.25) is 19.7 Å². The Bertz CT molecular complexity index is 1250. The summed E-state index contributed by atoms with van der Waals surface area (Å²) >= 11 is 0. The molecule has 2 aromatic carbocycles. The van der Waals surface area contributed by atoms with E-state index < -0.39 is 4.92 Å². The zero-order valence-electron chi connectivity index (χ0n) is 19.9. The summed E-state index contributed by atoms with van der Waals surface area (Å²) in [5.41, 5.74) is 4.47. The van der Waals surface area contributed by atoms with Crippen molar-refractivity contribution in [1.29, 1.82) is 0 Å². The number of hydrogen-bond donors (Lipinski definition) is 0. The van der Waals surface area contributed by atoms with E-state index in [-0.39, 0.29) is 41.2 Å². The molecule has 2 amide bonds. The van der Waals surface area contributed by atoms with Gasteiger partial charge in [-0.05, 0) is 61.4 Å². The molecular weight excluding hydrogens is 444 g/mol. The fraction of sp³-hybridized carbons (Fsp3) is 0.407. The summed E-state index contributed by atoms with van der Waals surface area (Å²) in [6.45, 7) is 7.03. The van der Waals surface area contributed by atoms with Crippen LogP contribution in [-0.2, 0) is 9.59 Å². The van der Waals surface area contributed by atoms with E-state index in [0.29, 0.717) is 24.5 Å². The Hall–Kier alpha value is -3.68. The van der Waals surface area contributed by atoms with E-state index in [1.54, 1.807) is 12.1 Å². The van der Waals surface area contributed by atoms with Gasteiger partial charge in [-0.1, -0.05) is 24.3 Å². The van der Waals surface area contributed by atoms with Crippen LogP contribution in [0.3, 0.4) is 0 Å². The number of anilines is 3. The van der Waals surface area contributed by atoms with Crippen molar-refractivity contribution in [3.63, 3.8) is 0 Å². The number of nitro benzene ring substituents is 1. The second-order valence-corrected chi connectivity index (χ2v) is 10.1. The SMILES string of the molecule is Cc1cccc(N2CCN(c3ccc(N4C(=O)C5C6C=CC(C6)C5C4=O)cc3[N+](=O)[O-])CC2)c1C. The lowest BCUT2D eigenvalue weighted by molar-refractivity contribution is -0.384. The minimum absolute atomic E-state index is 0.0681. The lowest BCUT2D eigenvalue weighted by Gasteiger charge is -2.38. The topological polar surface area (TPSA) is 87.0 Å². The van der Waals surface area contributed by atoms with Gasteiger partial charge in [0.25, 0.3) is 5.69 Å². The zero-order valence-corrected chi connectivity index (χ0v) is 19.9. The molecule has 2 saturated heterocycles. The maximum Gasteiger partial charge on any atom is 0.294 e. The fourth-order valence-corrected chi connectivity index (χ4v) is 6.49. The van der Waals surface area contributed by atoms with Crippen LogP contribution in [0.4, 0.5) is 22.7 Å². The highest BCUT2D eigenvalue weighted by Gasteiger charge is 2.59. The van der Waals surface area contributed by atoms with Gasteiger partial charge in [0.2, 0.25) is 11.8 Å². The minimum Gasteiger partial charge on any atom is -0.368 e. The van der Waals surface area contributed by atoms with Gasteiger partial charge in [-0.15, -0.1) is 0 Å². The highest BCUT2D eigenvalue weighted by atomic mass is 16.6. The number of nitro groups is 1. The van der Waals surface area contributed by atoms with Gasteiger partial charge < -0.3 is 9.80 Å². The Morgan fingerprint density at radius 1 is 0.857 bits per heavy atom. The molecule has 4 atom stereocenters. The molecule has 2 aliphatic heterocycles. The Morgan fingerprint density at radius 2 is 1.46 bits per heavy atom. The van der Waals surface area contributed by atoms with E-state index in [2.05, 4.69) is 36.9 Å². The predicted molar refractivity (Wildman–Crippen MR) is 134 cm³/mol. The van der Waals surface area contributed by atoms with Crippen LogP contribution in [0.25, 0.3) is 0 Å². The van der Waals surface area contributed by atoms with E-state index in [4.69, 9.17) is 0 Å². The zero-order chi connectivity index (χ0) is 24.4. The molecule has 0 N–H and O–H groups in total. The Kier molecular flexibility index (Phi) is 4.95. The lowest BCUT2D eigenvalue weighted by Crippen LogP contribution is -2.47. The summed E-state index contributed by atoms with van der Waals surface area (Å²) in [4.78, 5) is 43.5. The smallest absolute Gasteiger partial charge is 0.294 e. The largest absolute Gasteiger partial charge is 0.368 e. The van der Waals surface area contributed by atoms with Crippen molar-refractivity contribution in [3.05, 3.63) is 69.8 Å². The van der Waals surface area contributed by atoms with E-state index in [0.717, 1.165) is 19.5 Å². The second-order valence-electron chi connectivity index (χ2n) is 10.1. The van der Waals surface area contributed by atoms with Crippen LogP contribution in [-0.4, -0.2) is 42.9 Å². The predicted octanol–water partition coefficient (Wildman–Crippen LogP) is 3.85. The number of rotatable bonds is 4. The van der Waals surface area contributed by atoms with Crippen LogP contribution < -0.4 is 14.7 Å². The molecular formula is C27H28N4O4. The van der Waals surface area contributed by atoms with Gasteiger partial charge in [0, 0.05) is 37.9 Å². The fourth-order valence-electron chi connectivity index (χ4n) is 6.49. The van der Waals surface area contributed by atoms with Crippen LogP contribution in [0.5, 0.6) is 0 Å². The number of benzene rings is 2. The van der Waals surface area contributed by atoms with Crippen molar-refractivity contribution in [2.24, 2.45) is 23.7 Å². The van der Waals surface area contributed by atoms with Crippen molar-refractivity contribution >= 4 is 34.6 Å². The van der Waals surface area contributed by atoms with Crippen LogP contribution in [0, 0.1) is 47.6 Å². The van der Waals surface area contributed by atoms with Crippen LogP contribution in [0.2, 0.25) is 0 Å². The van der Waals surface area contributed by atoms with Crippen LogP contribution in [0.15, 0.2) is 48.6 Å². The third kappa shape index (κ3) is 3.26. The number of carbonyl (C=O) groups is 2. The molecule has 0 radical (unpaired) electrons. The number of amides is 2. The number of imide groups is 1. The van der Waals surface area contributed by atoms with Gasteiger partial charge in [-0.25, -0.2) is 4.90 Å². The summed E-state index contributed by atoms with van der Waals surface area (Å²) < 4.78 is 0. The number of carbonyl (C=O) groups excluding carboxylic acids is 2. The number of piperazine rings is 1. The Balaban J connectivity index is 1.24. The standard InChI is InChI=1S/C27H28N4O4/c1-16-4-3-5-21(17(16)2)28-10-12-29(13-11-28)22-9-8-20(15-23(22)31(34)35)30-26(32)24-18-6-7-19(14-18)25(24)27(30)33/h3-9,15,18-19,24-25H,10-14H2,1-2H3. The van der Waals surface area contributed by atoms with Crippen molar-refractivity contribution in [3.8, 4) is 0 Å². The average molecular weight is 473 g/mol. The normalized spacial score (nSPS) is 27.2. The van der Waals surface area contributed by atoms with Gasteiger partial charge in [0.1, 0.15) is 5.69 Å². The number of allylic oxidation sites excluding steroid dienone is 2. The maximum atomic E-state index is 13.2. The molecule has 0 aromatic heterocycles. The van der Waals surface area contributed by atoms with E-state index in [1.807, 2.05) is 17.1 Å². The van der Waals surface area contributed by atoms with Crippen LogP contribution in [0.1, 0.15) is 17.5 Å². The molecule has 2 heterocycles. The third-order valence-corrected chi connectivity index (χ3v) is 8.42. The summed E-state index contributed by atoms with van der Waals surface area (Å²) in [6.07, 6.45) is 4.95. The van der Waals surface area contributed by atoms with Crippen molar-refractivity contribution in [2.45, 2.75) is 20.3 Å². The first kappa shape index (κ1) is 21.8. The molecule has 1 saturated carbocycles.